The Kier molecular flexibility index (Phi) is 5.87. The molecule has 0 radical (unpaired) electrons. The first-order chi connectivity index (χ1) is 11.1. The monoisotopic (exact) mass is 317 g/mol. The molecule has 23 heavy (non-hydrogen) atoms. The Balaban J connectivity index is 1.98. The summed E-state index contributed by atoms with van der Waals surface area (Å²) < 4.78 is 6.60. The van der Waals surface area contributed by atoms with E-state index in [0.717, 1.165) is 5.56 Å². The Bertz CT molecular complexity index is 681. The van der Waals surface area contributed by atoms with Gasteiger partial charge in [-0.25, -0.2) is 0 Å². The normalized spacial score (nSPS) is 10.5. The molecule has 1 heterocycles. The zero-order chi connectivity index (χ0) is 16.7. The molecule has 0 unspecified atom stereocenters. The van der Waals surface area contributed by atoms with E-state index < -0.39 is 5.97 Å². The van der Waals surface area contributed by atoms with E-state index >= 15 is 0 Å². The fourth-order valence-electron chi connectivity index (χ4n) is 2.04. The van der Waals surface area contributed by atoms with Crippen molar-refractivity contribution in [2.24, 2.45) is 0 Å². The number of nitrogens with zero attached hydrogens (tertiary/aromatic N) is 2. The third kappa shape index (κ3) is 5.23. The van der Waals surface area contributed by atoms with E-state index in [1.165, 1.54) is 0 Å². The molecule has 2 N–H and O–H groups in total. The van der Waals surface area contributed by atoms with Crippen LogP contribution in [0.5, 0.6) is 0 Å². The van der Waals surface area contributed by atoms with Crippen LogP contribution in [0.4, 0.5) is 5.69 Å². The Labute approximate surface area is 133 Å². The summed E-state index contributed by atoms with van der Waals surface area (Å²) in [5.41, 5.74) is 1.79. The maximum absolute atomic E-state index is 12.2. The van der Waals surface area contributed by atoms with E-state index in [-0.39, 0.29) is 12.3 Å². The number of carboxylic acid groups (broad SMARTS) is 1. The summed E-state index contributed by atoms with van der Waals surface area (Å²) in [4.78, 5) is 22.8. The molecule has 0 saturated heterocycles. The molecule has 1 aromatic carbocycles. The fraction of sp³-hybridized carbons (Fsp3) is 0.312. The number of nitrogens with one attached hydrogen (secondary N) is 1. The van der Waals surface area contributed by atoms with Gasteiger partial charge in [0.15, 0.2) is 5.69 Å². The molecule has 122 valence electrons. The van der Waals surface area contributed by atoms with Crippen LogP contribution < -0.4 is 5.32 Å². The van der Waals surface area contributed by atoms with Crippen molar-refractivity contribution in [2.45, 2.75) is 19.4 Å². The number of carboxylic acids is 1. The van der Waals surface area contributed by atoms with Crippen LogP contribution in [0.15, 0.2) is 36.5 Å². The maximum atomic E-state index is 12.2. The van der Waals surface area contributed by atoms with Crippen molar-refractivity contribution < 1.29 is 19.4 Å². The predicted octanol–water partition coefficient (Wildman–Crippen LogP) is 1.80. The lowest BCUT2D eigenvalue weighted by Gasteiger charge is -2.06. The minimum absolute atomic E-state index is 0.0569. The van der Waals surface area contributed by atoms with Gasteiger partial charge in [-0.05, 0) is 30.2 Å². The highest BCUT2D eigenvalue weighted by Crippen LogP contribution is 2.13. The average molecular weight is 317 g/mol. The zero-order valence-electron chi connectivity index (χ0n) is 12.9. The number of carbonyl (C=O) groups excluding carboxylic acids is 1. The maximum Gasteiger partial charge on any atom is 0.303 e. The minimum atomic E-state index is -0.846. The largest absolute Gasteiger partial charge is 0.481 e. The molecule has 0 aliphatic heterocycles. The summed E-state index contributed by atoms with van der Waals surface area (Å²) in [6.07, 6.45) is 2.20. The number of amides is 1. The number of rotatable bonds is 8. The van der Waals surface area contributed by atoms with Crippen molar-refractivity contribution in [3.8, 4) is 0 Å². The van der Waals surface area contributed by atoms with Crippen molar-refractivity contribution in [1.82, 2.24) is 9.78 Å². The first-order valence-electron chi connectivity index (χ1n) is 7.23. The summed E-state index contributed by atoms with van der Waals surface area (Å²) in [5, 5.41) is 15.6. The van der Waals surface area contributed by atoms with Crippen LogP contribution in [0.3, 0.4) is 0 Å². The highest BCUT2D eigenvalue weighted by Gasteiger charge is 2.10. The zero-order valence-corrected chi connectivity index (χ0v) is 12.9. The van der Waals surface area contributed by atoms with Crippen LogP contribution in [0, 0.1) is 0 Å². The van der Waals surface area contributed by atoms with Crippen LogP contribution in [0.1, 0.15) is 22.5 Å². The second-order valence-corrected chi connectivity index (χ2v) is 5.01. The third-order valence-electron chi connectivity index (χ3n) is 3.21. The Morgan fingerprint density at radius 1 is 1.35 bits per heavy atom. The number of benzene rings is 1. The van der Waals surface area contributed by atoms with Crippen LogP contribution in [-0.4, -0.2) is 40.5 Å². The Morgan fingerprint density at radius 3 is 2.91 bits per heavy atom. The summed E-state index contributed by atoms with van der Waals surface area (Å²) in [6.45, 7) is 1.10. The van der Waals surface area contributed by atoms with Gasteiger partial charge < -0.3 is 15.2 Å². The summed E-state index contributed by atoms with van der Waals surface area (Å²) in [6, 6.07) is 8.77. The minimum Gasteiger partial charge on any atom is -0.481 e. The predicted molar refractivity (Wildman–Crippen MR) is 84.5 cm³/mol. The van der Waals surface area contributed by atoms with Crippen LogP contribution in [0.2, 0.25) is 0 Å². The summed E-state index contributed by atoms with van der Waals surface area (Å²) in [7, 11) is 1.61. The van der Waals surface area contributed by atoms with Gasteiger partial charge in [0.1, 0.15) is 0 Å². The highest BCUT2D eigenvalue weighted by molar-refractivity contribution is 6.02. The SMILES string of the molecule is COCCn1ccc(C(=O)Nc2cccc(CCC(=O)O)c2)n1. The van der Waals surface area contributed by atoms with Crippen molar-refractivity contribution in [3.63, 3.8) is 0 Å². The van der Waals surface area contributed by atoms with Gasteiger partial charge in [0.2, 0.25) is 0 Å². The first-order valence-corrected chi connectivity index (χ1v) is 7.23. The van der Waals surface area contributed by atoms with Crippen LogP contribution in [-0.2, 0) is 22.5 Å². The van der Waals surface area contributed by atoms with Gasteiger partial charge in [-0.1, -0.05) is 12.1 Å². The van der Waals surface area contributed by atoms with E-state index in [4.69, 9.17) is 9.84 Å². The van der Waals surface area contributed by atoms with E-state index in [2.05, 4.69) is 10.4 Å². The lowest BCUT2D eigenvalue weighted by atomic mass is 10.1. The smallest absolute Gasteiger partial charge is 0.303 e. The molecule has 1 amide bonds. The summed E-state index contributed by atoms with van der Waals surface area (Å²) in [5.74, 6) is -1.16. The van der Waals surface area contributed by atoms with Gasteiger partial charge in [0, 0.05) is 25.4 Å². The second-order valence-electron chi connectivity index (χ2n) is 5.01. The number of aromatic nitrogens is 2. The number of methoxy groups -OCH3 is 1. The lowest BCUT2D eigenvalue weighted by molar-refractivity contribution is -0.136. The van der Waals surface area contributed by atoms with Gasteiger partial charge in [0.05, 0.1) is 13.2 Å². The molecule has 0 bridgehead atoms. The van der Waals surface area contributed by atoms with E-state index in [1.807, 2.05) is 6.07 Å². The van der Waals surface area contributed by atoms with Crippen molar-refractivity contribution in [1.29, 1.82) is 0 Å². The highest BCUT2D eigenvalue weighted by atomic mass is 16.5. The first kappa shape index (κ1) is 16.7. The van der Waals surface area contributed by atoms with E-state index in [9.17, 15) is 9.59 Å². The van der Waals surface area contributed by atoms with Crippen LogP contribution >= 0.6 is 0 Å². The molecule has 0 aliphatic carbocycles. The van der Waals surface area contributed by atoms with Gasteiger partial charge in [-0.3, -0.25) is 14.3 Å². The number of carbonyl (C=O) groups is 2. The summed E-state index contributed by atoms with van der Waals surface area (Å²) >= 11 is 0. The quantitative estimate of drug-likeness (QED) is 0.774. The number of aryl methyl sites for hydroxylation is 1. The van der Waals surface area contributed by atoms with Crippen molar-refractivity contribution >= 4 is 17.6 Å². The molecular formula is C16H19N3O4. The molecule has 2 rings (SSSR count). The number of hydrogen-bond donors (Lipinski definition) is 2. The molecule has 0 aliphatic rings. The molecule has 0 spiro atoms. The lowest BCUT2D eigenvalue weighted by Crippen LogP contribution is -2.14. The topological polar surface area (TPSA) is 93.5 Å². The number of anilines is 1. The van der Waals surface area contributed by atoms with Gasteiger partial charge in [-0.15, -0.1) is 0 Å². The molecule has 7 nitrogen and oxygen atoms in total. The van der Waals surface area contributed by atoms with Crippen LogP contribution in [0.25, 0.3) is 0 Å². The Hall–Kier alpha value is -2.67. The van der Waals surface area contributed by atoms with Gasteiger partial charge >= 0.3 is 5.97 Å². The number of aliphatic carboxylic acids is 1. The molecule has 2 aromatic rings. The third-order valence-corrected chi connectivity index (χ3v) is 3.21. The number of hydrogen-bond acceptors (Lipinski definition) is 4. The molecule has 0 fully saturated rings. The van der Waals surface area contributed by atoms with E-state index in [1.54, 1.807) is 42.3 Å². The molecular weight excluding hydrogens is 298 g/mol. The number of ether oxygens (including phenoxy) is 1. The van der Waals surface area contributed by atoms with Crippen molar-refractivity contribution in [3.05, 3.63) is 47.8 Å². The van der Waals surface area contributed by atoms with Gasteiger partial charge in [0.25, 0.3) is 5.91 Å². The Morgan fingerprint density at radius 2 is 2.17 bits per heavy atom. The molecule has 7 heteroatoms. The molecule has 1 aromatic heterocycles. The fourth-order valence-corrected chi connectivity index (χ4v) is 2.04. The van der Waals surface area contributed by atoms with Gasteiger partial charge in [-0.2, -0.15) is 5.10 Å². The molecule has 0 saturated carbocycles. The van der Waals surface area contributed by atoms with Crippen molar-refractivity contribution in [2.75, 3.05) is 19.0 Å². The van der Waals surface area contributed by atoms with E-state index in [0.29, 0.717) is 31.0 Å². The standard InChI is InChI=1S/C16H19N3O4/c1-23-10-9-19-8-7-14(18-19)16(22)17-13-4-2-3-12(11-13)5-6-15(20)21/h2-4,7-8,11H,5-6,9-10H2,1H3,(H,17,22)(H,20,21). The molecule has 0 atom stereocenters. The average Bonchev–Trinajstić information content (AvgIpc) is 3.00. The second kappa shape index (κ2) is 8.09.